The number of nitrogens with zero attached hydrogens (tertiary/aromatic N) is 3. The van der Waals surface area contributed by atoms with Crippen molar-refractivity contribution < 1.29 is 13.9 Å². The molecule has 7 heteroatoms. The fourth-order valence-electron chi connectivity index (χ4n) is 3.05. The number of fused-ring (bicyclic) bond motifs is 1. The van der Waals surface area contributed by atoms with Gasteiger partial charge in [0.25, 0.3) is 0 Å². The molecule has 1 amide bonds. The lowest BCUT2D eigenvalue weighted by Gasteiger charge is -2.17. The Morgan fingerprint density at radius 1 is 1.23 bits per heavy atom. The maximum atomic E-state index is 12.9. The molecule has 0 saturated carbocycles. The van der Waals surface area contributed by atoms with Crippen LogP contribution in [0.1, 0.15) is 24.0 Å². The van der Waals surface area contributed by atoms with Gasteiger partial charge in [0.2, 0.25) is 5.91 Å². The van der Waals surface area contributed by atoms with Crippen LogP contribution in [0.2, 0.25) is 0 Å². The van der Waals surface area contributed by atoms with E-state index in [-0.39, 0.29) is 11.7 Å². The van der Waals surface area contributed by atoms with Crippen LogP contribution in [-0.2, 0) is 17.6 Å². The minimum atomic E-state index is -0.283. The minimum Gasteiger partial charge on any atom is -0.492 e. The van der Waals surface area contributed by atoms with Gasteiger partial charge in [-0.2, -0.15) is 0 Å². The molecule has 0 fully saturated rings. The molecule has 0 unspecified atom stereocenters. The van der Waals surface area contributed by atoms with Crippen molar-refractivity contribution in [2.75, 3.05) is 31.6 Å². The molecule has 6 nitrogen and oxygen atoms in total. The van der Waals surface area contributed by atoms with Crippen molar-refractivity contribution >= 4 is 11.7 Å². The second-order valence-corrected chi connectivity index (χ2v) is 6.28. The first-order chi connectivity index (χ1) is 12.5. The third-order valence-electron chi connectivity index (χ3n) is 4.38. The van der Waals surface area contributed by atoms with E-state index >= 15 is 0 Å². The normalized spacial score (nSPS) is 13.7. The van der Waals surface area contributed by atoms with Crippen LogP contribution in [-0.4, -0.2) is 47.0 Å². The summed E-state index contributed by atoms with van der Waals surface area (Å²) in [5.41, 5.74) is 2.07. The van der Waals surface area contributed by atoms with Gasteiger partial charge in [0, 0.05) is 32.0 Å². The topological polar surface area (TPSA) is 67.4 Å². The number of carbonyl (C=O) groups excluding carboxylic acids is 1. The van der Waals surface area contributed by atoms with Crippen LogP contribution in [0.5, 0.6) is 5.75 Å². The SMILES string of the molecule is CC(=O)N1CCc2nc(C)nc(NCCOc3ccc(F)cc3)c2CC1. The molecular formula is C19H23FN4O2. The lowest BCUT2D eigenvalue weighted by Crippen LogP contribution is -2.31. The van der Waals surface area contributed by atoms with Crippen molar-refractivity contribution in [2.24, 2.45) is 0 Å². The first-order valence-corrected chi connectivity index (χ1v) is 8.77. The molecular weight excluding hydrogens is 335 g/mol. The molecule has 0 atom stereocenters. The summed E-state index contributed by atoms with van der Waals surface area (Å²) in [5, 5.41) is 3.31. The van der Waals surface area contributed by atoms with Crippen molar-refractivity contribution in [1.82, 2.24) is 14.9 Å². The van der Waals surface area contributed by atoms with Gasteiger partial charge in [-0.05, 0) is 37.6 Å². The molecule has 0 aliphatic carbocycles. The Morgan fingerprint density at radius 2 is 1.96 bits per heavy atom. The molecule has 0 saturated heterocycles. The second-order valence-electron chi connectivity index (χ2n) is 6.28. The van der Waals surface area contributed by atoms with Gasteiger partial charge in [-0.15, -0.1) is 0 Å². The summed E-state index contributed by atoms with van der Waals surface area (Å²) < 4.78 is 18.5. The van der Waals surface area contributed by atoms with E-state index in [0.717, 1.165) is 29.9 Å². The Kier molecular flexibility index (Phi) is 5.65. The number of ether oxygens (including phenoxy) is 1. The highest BCUT2D eigenvalue weighted by atomic mass is 19.1. The van der Waals surface area contributed by atoms with Crippen LogP contribution < -0.4 is 10.1 Å². The van der Waals surface area contributed by atoms with Crippen molar-refractivity contribution in [2.45, 2.75) is 26.7 Å². The van der Waals surface area contributed by atoms with E-state index in [2.05, 4.69) is 15.3 Å². The van der Waals surface area contributed by atoms with Crippen LogP contribution >= 0.6 is 0 Å². The lowest BCUT2D eigenvalue weighted by atomic mass is 10.1. The number of carbonyl (C=O) groups is 1. The fourth-order valence-corrected chi connectivity index (χ4v) is 3.05. The molecule has 138 valence electrons. The molecule has 2 heterocycles. The first kappa shape index (κ1) is 18.1. The van der Waals surface area contributed by atoms with E-state index in [1.54, 1.807) is 19.1 Å². The van der Waals surface area contributed by atoms with Gasteiger partial charge in [-0.25, -0.2) is 14.4 Å². The van der Waals surface area contributed by atoms with Crippen molar-refractivity contribution in [3.63, 3.8) is 0 Å². The van der Waals surface area contributed by atoms with E-state index in [0.29, 0.717) is 37.8 Å². The summed E-state index contributed by atoms with van der Waals surface area (Å²) in [6, 6.07) is 5.95. The third-order valence-corrected chi connectivity index (χ3v) is 4.38. The van der Waals surface area contributed by atoms with E-state index in [1.165, 1.54) is 12.1 Å². The summed E-state index contributed by atoms with van der Waals surface area (Å²) in [6.45, 7) is 5.83. The minimum absolute atomic E-state index is 0.0877. The average Bonchev–Trinajstić information content (AvgIpc) is 2.83. The van der Waals surface area contributed by atoms with Crippen molar-refractivity contribution in [3.8, 4) is 5.75 Å². The number of hydrogen-bond donors (Lipinski definition) is 1. The molecule has 0 spiro atoms. The molecule has 1 aliphatic heterocycles. The predicted octanol–water partition coefficient (Wildman–Crippen LogP) is 2.36. The molecule has 3 rings (SSSR count). The first-order valence-electron chi connectivity index (χ1n) is 8.77. The summed E-state index contributed by atoms with van der Waals surface area (Å²) in [4.78, 5) is 22.6. The van der Waals surface area contributed by atoms with Gasteiger partial charge < -0.3 is 15.0 Å². The average molecular weight is 358 g/mol. The van der Waals surface area contributed by atoms with Crippen LogP contribution in [0.3, 0.4) is 0 Å². The lowest BCUT2D eigenvalue weighted by molar-refractivity contribution is -0.128. The Morgan fingerprint density at radius 3 is 2.69 bits per heavy atom. The number of nitrogens with one attached hydrogen (secondary N) is 1. The number of hydrogen-bond acceptors (Lipinski definition) is 5. The van der Waals surface area contributed by atoms with Crippen LogP contribution in [0.4, 0.5) is 10.2 Å². The van der Waals surface area contributed by atoms with Gasteiger partial charge in [0.1, 0.15) is 29.8 Å². The van der Waals surface area contributed by atoms with E-state index in [4.69, 9.17) is 4.74 Å². The Balaban J connectivity index is 1.62. The Hall–Kier alpha value is -2.70. The molecule has 2 aromatic rings. The summed E-state index contributed by atoms with van der Waals surface area (Å²) in [7, 11) is 0. The van der Waals surface area contributed by atoms with E-state index in [1.807, 2.05) is 11.8 Å². The van der Waals surface area contributed by atoms with Crippen LogP contribution in [0.25, 0.3) is 0 Å². The maximum Gasteiger partial charge on any atom is 0.219 e. The Bertz CT molecular complexity index is 780. The summed E-state index contributed by atoms with van der Waals surface area (Å²) in [5.74, 6) is 1.95. The van der Waals surface area contributed by atoms with E-state index in [9.17, 15) is 9.18 Å². The number of halogens is 1. The molecule has 1 N–H and O–H groups in total. The quantitative estimate of drug-likeness (QED) is 0.831. The van der Waals surface area contributed by atoms with Gasteiger partial charge in [-0.1, -0.05) is 0 Å². The van der Waals surface area contributed by atoms with Crippen LogP contribution in [0, 0.1) is 12.7 Å². The zero-order valence-electron chi connectivity index (χ0n) is 15.1. The molecule has 0 bridgehead atoms. The zero-order valence-corrected chi connectivity index (χ0v) is 15.1. The smallest absolute Gasteiger partial charge is 0.219 e. The van der Waals surface area contributed by atoms with Crippen molar-refractivity contribution in [3.05, 3.63) is 47.2 Å². The van der Waals surface area contributed by atoms with Gasteiger partial charge in [-0.3, -0.25) is 4.79 Å². The summed E-state index contributed by atoms with van der Waals surface area (Å²) in [6.07, 6.45) is 1.47. The summed E-state index contributed by atoms with van der Waals surface area (Å²) >= 11 is 0. The largest absolute Gasteiger partial charge is 0.492 e. The molecule has 0 radical (unpaired) electrons. The molecule has 26 heavy (non-hydrogen) atoms. The van der Waals surface area contributed by atoms with Crippen molar-refractivity contribution in [1.29, 1.82) is 0 Å². The predicted molar refractivity (Wildman–Crippen MR) is 96.8 cm³/mol. The van der Waals surface area contributed by atoms with Gasteiger partial charge in [0.15, 0.2) is 0 Å². The molecule has 1 aliphatic rings. The number of anilines is 1. The molecule has 1 aromatic heterocycles. The maximum absolute atomic E-state index is 12.9. The molecule has 1 aromatic carbocycles. The van der Waals surface area contributed by atoms with Gasteiger partial charge in [0.05, 0.1) is 12.2 Å². The number of aromatic nitrogens is 2. The fraction of sp³-hybridized carbons (Fsp3) is 0.421. The van der Waals surface area contributed by atoms with Gasteiger partial charge >= 0.3 is 0 Å². The second kappa shape index (κ2) is 8.12. The third kappa shape index (κ3) is 4.47. The number of benzene rings is 1. The monoisotopic (exact) mass is 358 g/mol. The van der Waals surface area contributed by atoms with E-state index < -0.39 is 0 Å². The Labute approximate surface area is 152 Å². The number of aryl methyl sites for hydroxylation is 1. The highest BCUT2D eigenvalue weighted by Crippen LogP contribution is 2.21. The highest BCUT2D eigenvalue weighted by molar-refractivity contribution is 5.73. The zero-order chi connectivity index (χ0) is 18.5. The standard InChI is InChI=1S/C19H23FN4O2/c1-13-22-18-8-11-24(14(2)25)10-7-17(18)19(23-13)21-9-12-26-16-5-3-15(20)4-6-16/h3-6H,7-12H2,1-2H3,(H,21,22,23). The van der Waals surface area contributed by atoms with Crippen LogP contribution in [0.15, 0.2) is 24.3 Å². The highest BCUT2D eigenvalue weighted by Gasteiger charge is 2.20. The number of amides is 1. The number of rotatable bonds is 5.